The molecule has 15 heteroatoms. The Hall–Kier alpha value is -4.56. The van der Waals surface area contributed by atoms with Crippen LogP contribution in [-0.4, -0.2) is 24.6 Å². The molecule has 33 heavy (non-hydrogen) atoms. The van der Waals surface area contributed by atoms with Crippen molar-refractivity contribution in [3.8, 4) is 0 Å². The normalized spacial score (nSPS) is 10.1. The van der Waals surface area contributed by atoms with Gasteiger partial charge in [0.15, 0.2) is 0 Å². The van der Waals surface area contributed by atoms with Crippen LogP contribution in [0.1, 0.15) is 33.4 Å². The van der Waals surface area contributed by atoms with Gasteiger partial charge in [-0.15, -0.1) is 0 Å². The second kappa shape index (κ2) is 9.71. The van der Waals surface area contributed by atoms with Crippen LogP contribution in [0.15, 0.2) is 6.07 Å². The van der Waals surface area contributed by atoms with E-state index >= 15 is 0 Å². The van der Waals surface area contributed by atoms with Gasteiger partial charge in [0.2, 0.25) is 0 Å². The molecular formula is C18H19N5O10. The van der Waals surface area contributed by atoms with E-state index in [1.807, 2.05) is 0 Å². The monoisotopic (exact) mass is 465 g/mol. The van der Waals surface area contributed by atoms with E-state index in [1.54, 1.807) is 13.8 Å². The van der Waals surface area contributed by atoms with E-state index < -0.39 is 41.7 Å². The average molecular weight is 465 g/mol. The molecule has 0 unspecified atom stereocenters. The van der Waals surface area contributed by atoms with Crippen LogP contribution < -0.4 is 0 Å². The van der Waals surface area contributed by atoms with Crippen LogP contribution in [0.25, 0.3) is 0 Å². The number of nitro benzene ring substituents is 5. The fourth-order valence-corrected chi connectivity index (χ4v) is 3.73. The number of nitro groups is 5. The number of rotatable bonds is 5. The summed E-state index contributed by atoms with van der Waals surface area (Å²) in [7, 11) is 0. The Bertz CT molecular complexity index is 1080. The van der Waals surface area contributed by atoms with Crippen LogP contribution >= 0.6 is 0 Å². The fourth-order valence-electron chi connectivity index (χ4n) is 3.73. The largest absolute Gasteiger partial charge is 0.288 e. The van der Waals surface area contributed by atoms with E-state index in [2.05, 4.69) is 0 Å². The standard InChI is InChI=1S/C9H9N3O6.C9H10N2O4/c1-4-7(10(13)14)5(2)9(12(17)18)6(3)8(4)11(15)16;1-5-4-6(2)9(11(14)15)7(3)8(5)10(12)13/h1-3H3;4H,1-3H3. The van der Waals surface area contributed by atoms with Gasteiger partial charge in [-0.2, -0.15) is 0 Å². The fraction of sp³-hybridized carbons (Fsp3) is 0.333. The summed E-state index contributed by atoms with van der Waals surface area (Å²) in [6.07, 6.45) is 0. The van der Waals surface area contributed by atoms with E-state index in [0.717, 1.165) is 0 Å². The summed E-state index contributed by atoms with van der Waals surface area (Å²) in [6.45, 7) is 8.17. The molecule has 0 aliphatic rings. The molecule has 0 heterocycles. The second-order valence-corrected chi connectivity index (χ2v) is 7.04. The maximum atomic E-state index is 10.9. The van der Waals surface area contributed by atoms with Gasteiger partial charge in [0.1, 0.15) is 22.3 Å². The highest BCUT2D eigenvalue weighted by atomic mass is 16.6. The van der Waals surface area contributed by atoms with Gasteiger partial charge in [-0.3, -0.25) is 50.6 Å². The summed E-state index contributed by atoms with van der Waals surface area (Å²) in [4.78, 5) is 50.3. The van der Waals surface area contributed by atoms with Gasteiger partial charge in [0.05, 0.1) is 24.6 Å². The topological polar surface area (TPSA) is 216 Å². The molecule has 176 valence electrons. The molecule has 2 rings (SSSR count). The Balaban J connectivity index is 0.000000335. The number of hydrogen-bond donors (Lipinski definition) is 0. The zero-order valence-corrected chi connectivity index (χ0v) is 18.4. The maximum absolute atomic E-state index is 10.9. The maximum Gasteiger partial charge on any atom is 0.288 e. The average Bonchev–Trinajstić information content (AvgIpc) is 2.59. The van der Waals surface area contributed by atoms with Crippen molar-refractivity contribution in [3.63, 3.8) is 0 Å². The molecular weight excluding hydrogens is 446 g/mol. The minimum absolute atomic E-state index is 0.113. The molecule has 0 amide bonds. The third kappa shape index (κ3) is 5.03. The zero-order chi connectivity index (χ0) is 25.9. The lowest BCUT2D eigenvalue weighted by Crippen LogP contribution is -2.06. The Morgan fingerprint density at radius 1 is 0.424 bits per heavy atom. The highest BCUT2D eigenvalue weighted by Crippen LogP contribution is 2.41. The Kier molecular flexibility index (Phi) is 7.79. The molecule has 0 aliphatic heterocycles. The van der Waals surface area contributed by atoms with Gasteiger partial charge in [0, 0.05) is 11.1 Å². The first-order chi connectivity index (χ1) is 15.1. The third-order valence-corrected chi connectivity index (χ3v) is 4.93. The first-order valence-electron chi connectivity index (χ1n) is 9.02. The van der Waals surface area contributed by atoms with Crippen molar-refractivity contribution < 1.29 is 24.6 Å². The van der Waals surface area contributed by atoms with Crippen LogP contribution in [0, 0.1) is 92.1 Å². The Morgan fingerprint density at radius 2 is 0.606 bits per heavy atom. The molecule has 2 aromatic carbocycles. The summed E-state index contributed by atoms with van der Waals surface area (Å²) >= 11 is 0. The molecule has 15 nitrogen and oxygen atoms in total. The molecule has 0 N–H and O–H groups in total. The first-order valence-corrected chi connectivity index (χ1v) is 9.02. The highest BCUT2D eigenvalue weighted by Gasteiger charge is 2.36. The van der Waals surface area contributed by atoms with Crippen molar-refractivity contribution in [2.45, 2.75) is 41.5 Å². The third-order valence-electron chi connectivity index (χ3n) is 4.93. The van der Waals surface area contributed by atoms with Gasteiger partial charge in [0.25, 0.3) is 28.4 Å². The summed E-state index contributed by atoms with van der Waals surface area (Å²) < 4.78 is 0. The van der Waals surface area contributed by atoms with Crippen LogP contribution in [0.2, 0.25) is 0 Å². The Labute approximate surface area is 185 Å². The first kappa shape index (κ1) is 26.5. The molecule has 0 saturated carbocycles. The van der Waals surface area contributed by atoms with Gasteiger partial charge >= 0.3 is 0 Å². The lowest BCUT2D eigenvalue weighted by molar-refractivity contribution is -0.405. The summed E-state index contributed by atoms with van der Waals surface area (Å²) in [5.74, 6) is 0. The van der Waals surface area contributed by atoms with Gasteiger partial charge < -0.3 is 0 Å². The summed E-state index contributed by atoms with van der Waals surface area (Å²) in [6, 6.07) is 1.46. The molecule has 0 atom stereocenters. The molecule has 2 aromatic rings. The lowest BCUT2D eigenvalue weighted by atomic mass is 9.99. The van der Waals surface area contributed by atoms with Crippen molar-refractivity contribution >= 4 is 28.4 Å². The van der Waals surface area contributed by atoms with E-state index in [-0.39, 0.29) is 33.6 Å². The SMILES string of the molecule is Cc1c([N+](=O)[O-])c(C)c([N+](=O)[O-])c(C)c1[N+](=O)[O-].Cc1cc(C)c([N+](=O)[O-])c(C)c1[N+](=O)[O-]. The van der Waals surface area contributed by atoms with Gasteiger partial charge in [-0.25, -0.2) is 0 Å². The number of nitrogens with zero attached hydrogens (tertiary/aromatic N) is 5. The Morgan fingerprint density at radius 3 is 0.788 bits per heavy atom. The molecule has 0 radical (unpaired) electrons. The number of hydrogen-bond acceptors (Lipinski definition) is 10. The minimum Gasteiger partial charge on any atom is -0.258 e. The van der Waals surface area contributed by atoms with Gasteiger partial charge in [-0.05, 0) is 47.6 Å². The van der Waals surface area contributed by atoms with E-state index in [0.29, 0.717) is 11.1 Å². The number of aryl methyl sites for hydroxylation is 2. The minimum atomic E-state index is -0.843. The predicted octanol–water partition coefficient (Wildman–Crippen LogP) is 4.76. The van der Waals surface area contributed by atoms with Crippen molar-refractivity contribution in [3.05, 3.63) is 90.0 Å². The van der Waals surface area contributed by atoms with Gasteiger partial charge in [-0.1, -0.05) is 0 Å². The van der Waals surface area contributed by atoms with Crippen molar-refractivity contribution in [1.29, 1.82) is 0 Å². The molecule has 0 fully saturated rings. The molecule has 0 aromatic heterocycles. The van der Waals surface area contributed by atoms with E-state index in [9.17, 15) is 50.6 Å². The lowest BCUT2D eigenvalue weighted by Gasteiger charge is -2.06. The van der Waals surface area contributed by atoms with E-state index in [4.69, 9.17) is 0 Å². The predicted molar refractivity (Wildman–Crippen MR) is 115 cm³/mol. The summed E-state index contributed by atoms with van der Waals surface area (Å²) in [5.41, 5.74) is -1.62. The van der Waals surface area contributed by atoms with Crippen molar-refractivity contribution in [2.75, 3.05) is 0 Å². The number of benzene rings is 2. The van der Waals surface area contributed by atoms with Crippen LogP contribution in [0.4, 0.5) is 28.4 Å². The van der Waals surface area contributed by atoms with Crippen LogP contribution in [-0.2, 0) is 0 Å². The summed E-state index contributed by atoms with van der Waals surface area (Å²) in [5, 5.41) is 54.0. The van der Waals surface area contributed by atoms with E-state index in [1.165, 1.54) is 33.8 Å². The van der Waals surface area contributed by atoms with Crippen LogP contribution in [0.3, 0.4) is 0 Å². The molecule has 0 saturated heterocycles. The molecule has 0 bridgehead atoms. The quantitative estimate of drug-likeness (QED) is 0.435. The zero-order valence-electron chi connectivity index (χ0n) is 18.4. The van der Waals surface area contributed by atoms with Crippen molar-refractivity contribution in [1.82, 2.24) is 0 Å². The molecule has 0 spiro atoms. The second-order valence-electron chi connectivity index (χ2n) is 7.04. The highest BCUT2D eigenvalue weighted by molar-refractivity contribution is 5.70. The van der Waals surface area contributed by atoms with Crippen molar-refractivity contribution in [2.24, 2.45) is 0 Å². The smallest absolute Gasteiger partial charge is 0.258 e. The van der Waals surface area contributed by atoms with Crippen LogP contribution in [0.5, 0.6) is 0 Å². The molecule has 0 aliphatic carbocycles.